The van der Waals surface area contributed by atoms with Gasteiger partial charge < -0.3 is 54.3 Å². The van der Waals surface area contributed by atoms with Crippen LogP contribution in [0.5, 0.6) is 11.5 Å². The van der Waals surface area contributed by atoms with Gasteiger partial charge in [-0.2, -0.15) is 0 Å². The largest absolute Gasteiger partial charge is 0.493 e. The van der Waals surface area contributed by atoms with E-state index in [1.807, 2.05) is 68.1 Å². The number of nitrogens with two attached hydrogens (primary N) is 1. The van der Waals surface area contributed by atoms with Gasteiger partial charge in [-0.3, -0.25) is 9.59 Å². The van der Waals surface area contributed by atoms with E-state index in [1.165, 1.54) is 7.11 Å². The summed E-state index contributed by atoms with van der Waals surface area (Å²) in [6.45, 7) is 10.1. The molecule has 3 amide bonds. The minimum Gasteiger partial charge on any atom is -0.493 e. The van der Waals surface area contributed by atoms with E-state index in [4.69, 9.17) is 34.6 Å². The first-order chi connectivity index (χ1) is 32.4. The summed E-state index contributed by atoms with van der Waals surface area (Å²) in [6.07, 6.45) is 6.55. The quantitative estimate of drug-likeness (QED) is 0.0731. The lowest BCUT2D eigenvalue weighted by Crippen LogP contribution is -2.51. The number of imidazole rings is 2. The van der Waals surface area contributed by atoms with Crippen LogP contribution in [-0.2, 0) is 19.1 Å². The van der Waals surface area contributed by atoms with Crippen LogP contribution in [0.15, 0.2) is 79.1 Å². The van der Waals surface area contributed by atoms with E-state index in [1.54, 1.807) is 7.11 Å². The molecule has 2 fully saturated rings. The molecule has 9 rings (SSSR count). The predicted octanol–water partition coefficient (Wildman–Crippen LogP) is 8.13. The molecule has 5 N–H and O–H groups in total. The molecule has 0 spiro atoms. The number of amides is 3. The van der Waals surface area contributed by atoms with Gasteiger partial charge in [0.15, 0.2) is 0 Å². The molecule has 0 saturated carbocycles. The summed E-state index contributed by atoms with van der Waals surface area (Å²) >= 11 is 0. The van der Waals surface area contributed by atoms with Crippen LogP contribution in [0.3, 0.4) is 0 Å². The number of rotatable bonds is 15. The second-order valence-electron chi connectivity index (χ2n) is 18.5. The number of aromatic amines is 2. The van der Waals surface area contributed by atoms with Crippen molar-refractivity contribution in [2.45, 2.75) is 90.2 Å². The highest BCUT2D eigenvalue weighted by Gasteiger charge is 2.39. The maximum Gasteiger partial charge on any atom is 0.407 e. The molecule has 3 aromatic carbocycles. The van der Waals surface area contributed by atoms with Gasteiger partial charge in [0.05, 0.1) is 66.8 Å². The van der Waals surface area contributed by atoms with Gasteiger partial charge in [0, 0.05) is 60.9 Å². The van der Waals surface area contributed by atoms with Crippen LogP contribution in [0.25, 0.3) is 44.7 Å². The standard InChI is InChI=1S/C51H61N9O7/c1-29(2)44(52)48(61)58-19-8-13-40(58)46-54-28-38(56-46)32-15-17-36-42-25-34-23-31(37-27-53-47(55-37)41-14-9-20-59(41)49(62)45(30(3)4)57-51(63)65-6)16-18-39(34)60(42)50(67-43(36)26-32)33-11-7-12-35(24-33)66-22-10-21-64-5/h7,11-12,15-18,23-30,40-41,44-45,50H,8-10,13-14,19-22,52H2,1-6H3,(H,53,55)(H,54,56)(H,57,63). The van der Waals surface area contributed by atoms with Gasteiger partial charge in [-0.1, -0.05) is 52.0 Å². The lowest BCUT2D eigenvalue weighted by molar-refractivity contribution is -0.136. The van der Waals surface area contributed by atoms with Gasteiger partial charge in [0.2, 0.25) is 18.0 Å². The molecule has 2 saturated heterocycles. The number of carbonyl (C=O) groups excluding carboxylic acids is 3. The summed E-state index contributed by atoms with van der Waals surface area (Å²) in [5.41, 5.74) is 13.7. The number of fused-ring (bicyclic) bond motifs is 5. The zero-order valence-corrected chi connectivity index (χ0v) is 39.1. The Morgan fingerprint density at radius 3 is 2.15 bits per heavy atom. The number of carbonyl (C=O) groups is 3. The van der Waals surface area contributed by atoms with E-state index >= 15 is 0 Å². The lowest BCUT2D eigenvalue weighted by Gasteiger charge is -2.31. The van der Waals surface area contributed by atoms with Crippen molar-refractivity contribution in [2.75, 3.05) is 40.5 Å². The minimum absolute atomic E-state index is 0.0398. The van der Waals surface area contributed by atoms with E-state index in [9.17, 15) is 14.4 Å². The fourth-order valence-electron chi connectivity index (χ4n) is 9.69. The SMILES string of the molecule is COCCCOc1cccc(C2Oc3cc(-c4cnc(C5CCCN5C(=O)C(N)C(C)C)[nH]4)ccc3-c3cc4cc(-c5cnc(C6CCCN6C(=O)C(NC(=O)OC)C(C)C)[nH]5)ccc4n32)c1. The topological polar surface area (TPSA) is 195 Å². The minimum atomic E-state index is -0.717. The Kier molecular flexibility index (Phi) is 13.1. The first-order valence-electron chi connectivity index (χ1n) is 23.4. The maximum atomic E-state index is 13.8. The molecule has 0 aliphatic carbocycles. The molecule has 6 aromatic rings. The summed E-state index contributed by atoms with van der Waals surface area (Å²) in [7, 11) is 2.98. The molecule has 6 heterocycles. The van der Waals surface area contributed by atoms with E-state index in [0.29, 0.717) is 32.1 Å². The second-order valence-corrected chi connectivity index (χ2v) is 18.5. The zero-order chi connectivity index (χ0) is 46.9. The van der Waals surface area contributed by atoms with Crippen LogP contribution in [-0.4, -0.2) is 105 Å². The third-order valence-electron chi connectivity index (χ3n) is 13.4. The number of hydrogen-bond acceptors (Lipinski definition) is 10. The van der Waals surface area contributed by atoms with Crippen molar-refractivity contribution in [1.29, 1.82) is 0 Å². The first kappa shape index (κ1) is 45.5. The van der Waals surface area contributed by atoms with E-state index in [0.717, 1.165) is 99.7 Å². The molecule has 3 aliphatic heterocycles. The van der Waals surface area contributed by atoms with Crippen molar-refractivity contribution >= 4 is 28.8 Å². The number of H-pyrrole nitrogens is 2. The molecule has 3 aliphatic rings. The van der Waals surface area contributed by atoms with Gasteiger partial charge in [-0.15, -0.1) is 0 Å². The fourth-order valence-corrected chi connectivity index (χ4v) is 9.69. The second kappa shape index (κ2) is 19.3. The Bertz CT molecular complexity index is 2760. The summed E-state index contributed by atoms with van der Waals surface area (Å²) < 4.78 is 25.5. The molecule has 5 atom stereocenters. The number of aromatic nitrogens is 5. The fraction of sp³-hybridized carbons (Fsp3) is 0.431. The monoisotopic (exact) mass is 911 g/mol. The molecule has 67 heavy (non-hydrogen) atoms. The normalized spacial score (nSPS) is 18.8. The van der Waals surface area contributed by atoms with Crippen molar-refractivity contribution < 1.29 is 33.3 Å². The Morgan fingerprint density at radius 2 is 1.49 bits per heavy atom. The Balaban J connectivity index is 1.04. The summed E-state index contributed by atoms with van der Waals surface area (Å²) in [5, 5.41) is 3.74. The van der Waals surface area contributed by atoms with Crippen molar-refractivity contribution in [2.24, 2.45) is 17.6 Å². The van der Waals surface area contributed by atoms with Crippen LogP contribution in [0, 0.1) is 11.8 Å². The Hall–Kier alpha value is -6.65. The molecule has 0 radical (unpaired) electrons. The van der Waals surface area contributed by atoms with E-state index in [-0.39, 0.29) is 35.7 Å². The average Bonchev–Trinajstić information content (AvgIpc) is 4.20. The molecule has 352 valence electrons. The molecule has 16 nitrogen and oxygen atoms in total. The van der Waals surface area contributed by atoms with Gasteiger partial charge in [0.1, 0.15) is 29.2 Å². The summed E-state index contributed by atoms with van der Waals surface area (Å²) in [4.78, 5) is 59.7. The Morgan fingerprint density at radius 1 is 0.821 bits per heavy atom. The number of likely N-dealkylation sites (tertiary alicyclic amines) is 2. The van der Waals surface area contributed by atoms with Gasteiger partial charge in [0.25, 0.3) is 0 Å². The van der Waals surface area contributed by atoms with E-state index < -0.39 is 24.4 Å². The molecular formula is C51H61N9O7. The number of benzene rings is 3. The third-order valence-corrected chi connectivity index (χ3v) is 13.4. The smallest absolute Gasteiger partial charge is 0.407 e. The van der Waals surface area contributed by atoms with Crippen LogP contribution >= 0.6 is 0 Å². The van der Waals surface area contributed by atoms with E-state index in [2.05, 4.69) is 68.4 Å². The number of hydrogen-bond donors (Lipinski definition) is 4. The average molecular weight is 912 g/mol. The number of nitrogens with zero attached hydrogens (tertiary/aromatic N) is 5. The lowest BCUT2D eigenvalue weighted by atomic mass is 10.0. The summed E-state index contributed by atoms with van der Waals surface area (Å²) in [5.74, 6) is 2.63. The highest BCUT2D eigenvalue weighted by Crippen LogP contribution is 2.46. The number of ether oxygens (including phenoxy) is 4. The molecular weight excluding hydrogens is 851 g/mol. The van der Waals surface area contributed by atoms with Crippen molar-refractivity contribution in [3.8, 4) is 45.3 Å². The number of methoxy groups -OCH3 is 2. The van der Waals surface area contributed by atoms with Gasteiger partial charge in [-0.25, -0.2) is 14.8 Å². The zero-order valence-electron chi connectivity index (χ0n) is 39.1. The predicted molar refractivity (Wildman–Crippen MR) is 254 cm³/mol. The van der Waals surface area contributed by atoms with Gasteiger partial charge >= 0.3 is 6.09 Å². The van der Waals surface area contributed by atoms with Crippen molar-refractivity contribution in [3.05, 3.63) is 96.3 Å². The van der Waals surface area contributed by atoms with Crippen molar-refractivity contribution in [1.82, 2.24) is 39.6 Å². The maximum absolute atomic E-state index is 13.8. The molecule has 0 bridgehead atoms. The van der Waals surface area contributed by atoms with Crippen LogP contribution < -0.4 is 20.5 Å². The van der Waals surface area contributed by atoms with Crippen LogP contribution in [0.2, 0.25) is 0 Å². The van der Waals surface area contributed by atoms with Crippen LogP contribution in [0.1, 0.15) is 95.3 Å². The first-order valence-corrected chi connectivity index (χ1v) is 23.4. The Labute approximate surface area is 390 Å². The number of nitrogens with one attached hydrogen (secondary N) is 3. The van der Waals surface area contributed by atoms with Gasteiger partial charge in [-0.05, 0) is 80.0 Å². The molecule has 3 aromatic heterocycles. The summed E-state index contributed by atoms with van der Waals surface area (Å²) in [6, 6.07) is 21.1. The highest BCUT2D eigenvalue weighted by atomic mass is 16.5. The van der Waals surface area contributed by atoms with Crippen LogP contribution in [0.4, 0.5) is 4.79 Å². The number of alkyl carbamates (subject to hydrolysis) is 1. The van der Waals surface area contributed by atoms with Crippen molar-refractivity contribution in [3.63, 3.8) is 0 Å². The molecule has 16 heteroatoms. The molecule has 5 unspecified atom stereocenters. The third kappa shape index (κ3) is 8.99. The highest BCUT2D eigenvalue weighted by molar-refractivity contribution is 5.93.